The minimum absolute atomic E-state index is 0.00625. The van der Waals surface area contributed by atoms with Crippen LogP contribution in [0.25, 0.3) is 10.2 Å². The lowest BCUT2D eigenvalue weighted by Crippen LogP contribution is -2.52. The lowest BCUT2D eigenvalue weighted by Gasteiger charge is -2.26. The van der Waals surface area contributed by atoms with Crippen LogP contribution < -0.4 is 11.2 Å². The second-order valence-electron chi connectivity index (χ2n) is 9.08. The van der Waals surface area contributed by atoms with Gasteiger partial charge in [-0.2, -0.15) is 0 Å². The summed E-state index contributed by atoms with van der Waals surface area (Å²) in [5.74, 6) is -1.94. The van der Waals surface area contributed by atoms with Gasteiger partial charge in [0.1, 0.15) is 21.4 Å². The number of carbonyl (C=O) groups excluding carboxylic acids is 1. The Kier molecular flexibility index (Phi) is 8.46. The first-order valence-electron chi connectivity index (χ1n) is 11.4. The van der Waals surface area contributed by atoms with Crippen molar-refractivity contribution >= 4 is 56.1 Å². The first-order valence-corrected chi connectivity index (χ1v) is 13.3. The number of hydrogen-bond acceptors (Lipinski definition) is 7. The van der Waals surface area contributed by atoms with Crippen LogP contribution in [-0.4, -0.2) is 38.9 Å². The number of halogens is 1. The normalized spacial score (nSPS) is 12.8. The van der Waals surface area contributed by atoms with Crippen LogP contribution in [0, 0.1) is 10.5 Å². The molecule has 0 bridgehead atoms. The number of carbonyl (C=O) groups is 2. The molecule has 194 valence electrons. The van der Waals surface area contributed by atoms with E-state index in [1.54, 1.807) is 13.8 Å². The number of rotatable bonds is 9. The lowest BCUT2D eigenvalue weighted by molar-refractivity contribution is -0.146. The minimum Gasteiger partial charge on any atom is -0.480 e. The molecular formula is C25H29IN2O7S. The highest BCUT2D eigenvalue weighted by Crippen LogP contribution is 2.31. The van der Waals surface area contributed by atoms with Crippen LogP contribution in [0.2, 0.25) is 0 Å². The molecule has 0 aliphatic carbocycles. The predicted molar refractivity (Wildman–Crippen MR) is 146 cm³/mol. The third-order valence-electron chi connectivity index (χ3n) is 5.78. The number of aliphatic carboxylic acids is 1. The number of nitrogens with zero attached hydrogens (tertiary/aromatic N) is 2. The fourth-order valence-corrected chi connectivity index (χ4v) is 5.44. The highest BCUT2D eigenvalue weighted by Gasteiger charge is 2.36. The number of benzene rings is 1. The van der Waals surface area contributed by atoms with E-state index < -0.39 is 34.8 Å². The maximum Gasteiger partial charge on any atom is 0.348 e. The largest absolute Gasteiger partial charge is 0.480 e. The van der Waals surface area contributed by atoms with Crippen molar-refractivity contribution in [2.24, 2.45) is 0 Å². The van der Waals surface area contributed by atoms with E-state index in [0.29, 0.717) is 5.56 Å². The number of carboxylic acid groups (broad SMARTS) is 1. The number of thiophene rings is 1. The van der Waals surface area contributed by atoms with Gasteiger partial charge in [-0.05, 0) is 87.4 Å². The molecule has 3 rings (SSSR count). The molecule has 0 saturated carbocycles. The van der Waals surface area contributed by atoms with Gasteiger partial charge < -0.3 is 14.6 Å². The molecule has 0 aliphatic rings. The Morgan fingerprint density at radius 3 is 2.31 bits per heavy atom. The first-order chi connectivity index (χ1) is 16.8. The molecule has 3 aromatic rings. The molecule has 0 spiro atoms. The van der Waals surface area contributed by atoms with Gasteiger partial charge in [0.15, 0.2) is 0 Å². The van der Waals surface area contributed by atoms with Crippen LogP contribution in [0.3, 0.4) is 0 Å². The molecule has 2 aromatic heterocycles. The second kappa shape index (κ2) is 10.9. The van der Waals surface area contributed by atoms with Gasteiger partial charge in [0.2, 0.25) is 0 Å². The number of hydrogen-bond donors (Lipinski definition) is 1. The van der Waals surface area contributed by atoms with E-state index in [9.17, 15) is 24.3 Å². The van der Waals surface area contributed by atoms with E-state index in [1.165, 1.54) is 18.4 Å². The van der Waals surface area contributed by atoms with Crippen molar-refractivity contribution in [3.63, 3.8) is 0 Å². The van der Waals surface area contributed by atoms with Crippen molar-refractivity contribution in [1.29, 1.82) is 0 Å². The molecule has 0 amide bonds. The minimum atomic E-state index is -1.83. The van der Waals surface area contributed by atoms with E-state index >= 15 is 0 Å². The number of aromatic nitrogens is 2. The Hall–Kier alpha value is -2.51. The van der Waals surface area contributed by atoms with Gasteiger partial charge >= 0.3 is 17.6 Å². The van der Waals surface area contributed by atoms with Crippen LogP contribution in [0.15, 0.2) is 33.9 Å². The van der Waals surface area contributed by atoms with E-state index in [0.717, 1.165) is 25.0 Å². The van der Waals surface area contributed by atoms with Gasteiger partial charge in [-0.15, -0.1) is 11.3 Å². The van der Waals surface area contributed by atoms with Crippen molar-refractivity contribution in [2.75, 3.05) is 6.61 Å². The molecule has 1 N–H and O–H groups in total. The predicted octanol–water partition coefficient (Wildman–Crippen LogP) is 4.30. The van der Waals surface area contributed by atoms with Gasteiger partial charge in [-0.25, -0.2) is 19.0 Å². The summed E-state index contributed by atoms with van der Waals surface area (Å²) in [6, 6.07) is 7.65. The van der Waals surface area contributed by atoms with E-state index in [-0.39, 0.29) is 34.3 Å². The fourth-order valence-electron chi connectivity index (χ4n) is 3.89. The lowest BCUT2D eigenvalue weighted by atomic mass is 10.1. The molecule has 0 saturated heterocycles. The third kappa shape index (κ3) is 5.28. The fraction of sp³-hybridized carbons (Fsp3) is 0.440. The second-order valence-corrected chi connectivity index (χ2v) is 11.3. The maximum atomic E-state index is 13.8. The van der Waals surface area contributed by atoms with Crippen LogP contribution in [-0.2, 0) is 26.4 Å². The zero-order valence-corrected chi connectivity index (χ0v) is 23.9. The molecule has 0 radical (unpaired) electrons. The standard InChI is InChI=1S/C25H29IN2O7S/c1-7-34-22(30)19-14(4)18-20(29)28(25(5,6)23(31)32)24(33)27(21(18)36-19)12-17(35-13(2)3)15-8-10-16(26)11-9-15/h8-11,13,17H,7,12H2,1-6H3,(H,31,32)/t17-/m0/s1. The third-order valence-corrected chi connectivity index (χ3v) is 7.80. The zero-order chi connectivity index (χ0) is 26.9. The summed E-state index contributed by atoms with van der Waals surface area (Å²) in [5.41, 5.74) is -2.23. The molecule has 1 atom stereocenters. The summed E-state index contributed by atoms with van der Waals surface area (Å²) >= 11 is 3.18. The van der Waals surface area contributed by atoms with Gasteiger partial charge in [-0.1, -0.05) is 12.1 Å². The quantitative estimate of drug-likeness (QED) is 0.278. The molecule has 0 unspecified atom stereocenters. The Morgan fingerprint density at radius 1 is 1.17 bits per heavy atom. The summed E-state index contributed by atoms with van der Waals surface area (Å²) in [5, 5.41) is 9.95. The van der Waals surface area contributed by atoms with Crippen molar-refractivity contribution in [3.05, 3.63) is 64.7 Å². The summed E-state index contributed by atoms with van der Waals surface area (Å²) in [7, 11) is 0. The Balaban J connectivity index is 2.37. The summed E-state index contributed by atoms with van der Waals surface area (Å²) < 4.78 is 14.4. The Labute approximate surface area is 225 Å². The first kappa shape index (κ1) is 28.1. The molecular weight excluding hydrogens is 599 g/mol. The molecule has 0 fully saturated rings. The van der Waals surface area contributed by atoms with Crippen LogP contribution >= 0.6 is 33.9 Å². The SMILES string of the molecule is CCOC(=O)c1sc2c(c1C)c(=O)n(C(C)(C)C(=O)O)c(=O)n2C[C@H](OC(C)C)c1ccc(I)cc1. The highest BCUT2D eigenvalue weighted by atomic mass is 127. The van der Waals surface area contributed by atoms with Crippen molar-refractivity contribution < 1.29 is 24.2 Å². The van der Waals surface area contributed by atoms with Crippen LogP contribution in [0.1, 0.15) is 61.5 Å². The van der Waals surface area contributed by atoms with Crippen LogP contribution in [0.5, 0.6) is 0 Å². The Morgan fingerprint density at radius 2 is 1.78 bits per heavy atom. The van der Waals surface area contributed by atoms with Gasteiger partial charge in [0, 0.05) is 3.57 Å². The van der Waals surface area contributed by atoms with Crippen molar-refractivity contribution in [3.8, 4) is 0 Å². The number of fused-ring (bicyclic) bond motifs is 1. The monoisotopic (exact) mass is 628 g/mol. The summed E-state index contributed by atoms with van der Waals surface area (Å²) in [4.78, 5) is 52.5. The average Bonchev–Trinajstić information content (AvgIpc) is 3.13. The molecule has 1 aromatic carbocycles. The average molecular weight is 628 g/mol. The maximum absolute atomic E-state index is 13.8. The van der Waals surface area contributed by atoms with Gasteiger partial charge in [0.25, 0.3) is 5.56 Å². The smallest absolute Gasteiger partial charge is 0.348 e. The van der Waals surface area contributed by atoms with Gasteiger partial charge in [0.05, 0.1) is 24.6 Å². The van der Waals surface area contributed by atoms with E-state index in [4.69, 9.17) is 9.47 Å². The topological polar surface area (TPSA) is 117 Å². The molecule has 2 heterocycles. The number of esters is 1. The van der Waals surface area contributed by atoms with E-state index in [1.807, 2.05) is 38.1 Å². The number of carboxylic acids is 1. The zero-order valence-electron chi connectivity index (χ0n) is 21.0. The van der Waals surface area contributed by atoms with Crippen LogP contribution in [0.4, 0.5) is 0 Å². The molecule has 0 aliphatic heterocycles. The van der Waals surface area contributed by atoms with E-state index in [2.05, 4.69) is 22.6 Å². The van der Waals surface area contributed by atoms with Crippen molar-refractivity contribution in [2.45, 2.75) is 65.8 Å². The number of ether oxygens (including phenoxy) is 2. The van der Waals surface area contributed by atoms with Gasteiger partial charge in [-0.3, -0.25) is 9.36 Å². The molecule has 36 heavy (non-hydrogen) atoms. The molecule has 9 nitrogen and oxygen atoms in total. The summed E-state index contributed by atoms with van der Waals surface area (Å²) in [6.45, 7) is 9.77. The van der Waals surface area contributed by atoms with Crippen molar-refractivity contribution in [1.82, 2.24) is 9.13 Å². The molecule has 11 heteroatoms. The summed E-state index contributed by atoms with van der Waals surface area (Å²) in [6.07, 6.45) is -0.753. The highest BCUT2D eigenvalue weighted by molar-refractivity contribution is 14.1. The Bertz CT molecular complexity index is 1420. The number of aryl methyl sites for hydroxylation is 1.